The van der Waals surface area contributed by atoms with Crippen LogP contribution in [0.1, 0.15) is 0 Å². The summed E-state index contributed by atoms with van der Waals surface area (Å²) in [6.45, 7) is 0. The summed E-state index contributed by atoms with van der Waals surface area (Å²) in [6.07, 6.45) is 3.59. The molecule has 0 aliphatic carbocycles. The lowest BCUT2D eigenvalue weighted by molar-refractivity contribution is 0.857. The van der Waals surface area contributed by atoms with Gasteiger partial charge in [0.2, 0.25) is 0 Å². The molecule has 0 unspecified atom stereocenters. The van der Waals surface area contributed by atoms with Crippen molar-refractivity contribution in [3.05, 3.63) is 52.2 Å². The van der Waals surface area contributed by atoms with Crippen molar-refractivity contribution in [2.75, 3.05) is 5.01 Å². The molecule has 14 heavy (non-hydrogen) atoms. The van der Waals surface area contributed by atoms with Crippen molar-refractivity contribution >= 4 is 33.2 Å². The lowest BCUT2D eigenvalue weighted by Gasteiger charge is -2.26. The average Bonchev–Trinajstić information content (AvgIpc) is 2.23. The first-order chi connectivity index (χ1) is 6.79. The van der Waals surface area contributed by atoms with Gasteiger partial charge in [-0.05, 0) is 34.1 Å². The van der Waals surface area contributed by atoms with Crippen LogP contribution in [0.3, 0.4) is 0 Å². The zero-order chi connectivity index (χ0) is 9.97. The molecule has 1 aromatic rings. The zero-order valence-electron chi connectivity index (χ0n) is 7.24. The second-order valence-electron chi connectivity index (χ2n) is 2.77. The third kappa shape index (κ3) is 1.79. The van der Waals surface area contributed by atoms with Gasteiger partial charge in [0.1, 0.15) is 4.61 Å². The molecule has 0 bridgehead atoms. The van der Waals surface area contributed by atoms with Gasteiger partial charge in [-0.1, -0.05) is 29.8 Å². The molecule has 2 nitrogen and oxygen atoms in total. The van der Waals surface area contributed by atoms with E-state index in [9.17, 15) is 0 Å². The van der Waals surface area contributed by atoms with Gasteiger partial charge >= 0.3 is 0 Å². The average molecular weight is 272 g/mol. The fourth-order valence-electron chi connectivity index (χ4n) is 1.18. The van der Waals surface area contributed by atoms with Crippen molar-refractivity contribution in [2.45, 2.75) is 0 Å². The van der Waals surface area contributed by atoms with Crippen LogP contribution in [0.25, 0.3) is 0 Å². The van der Waals surface area contributed by atoms with Gasteiger partial charge < -0.3 is 5.43 Å². The molecular formula is C10H8BrClN2. The first-order valence-corrected chi connectivity index (χ1v) is 5.29. The molecule has 0 radical (unpaired) electrons. The Morgan fingerprint density at radius 3 is 2.64 bits per heavy atom. The van der Waals surface area contributed by atoms with Crippen LogP contribution < -0.4 is 10.4 Å². The predicted octanol–water partition coefficient (Wildman–Crippen LogP) is 3.33. The van der Waals surface area contributed by atoms with Crippen molar-refractivity contribution in [1.82, 2.24) is 5.43 Å². The van der Waals surface area contributed by atoms with E-state index in [1.807, 2.05) is 35.3 Å². The number of hydrazine groups is 1. The van der Waals surface area contributed by atoms with Crippen molar-refractivity contribution in [3.63, 3.8) is 0 Å². The molecular weight excluding hydrogens is 263 g/mol. The summed E-state index contributed by atoms with van der Waals surface area (Å²) < 4.78 is 0.813. The number of anilines is 1. The molecule has 0 aromatic heterocycles. The molecule has 0 saturated heterocycles. The van der Waals surface area contributed by atoms with Crippen molar-refractivity contribution < 1.29 is 0 Å². The van der Waals surface area contributed by atoms with Gasteiger partial charge in [0.15, 0.2) is 0 Å². The monoisotopic (exact) mass is 270 g/mol. The maximum atomic E-state index is 5.98. The highest BCUT2D eigenvalue weighted by atomic mass is 79.9. The van der Waals surface area contributed by atoms with Crippen LogP contribution in [0.5, 0.6) is 0 Å². The van der Waals surface area contributed by atoms with Crippen molar-refractivity contribution in [1.29, 1.82) is 0 Å². The summed E-state index contributed by atoms with van der Waals surface area (Å²) in [5, 5.41) is 2.54. The first kappa shape index (κ1) is 9.62. The van der Waals surface area contributed by atoms with Gasteiger partial charge in [-0.15, -0.1) is 0 Å². The largest absolute Gasteiger partial charge is 0.301 e. The molecule has 1 aliphatic rings. The van der Waals surface area contributed by atoms with Crippen LogP contribution in [0, 0.1) is 0 Å². The smallest absolute Gasteiger partial charge is 0.124 e. The minimum absolute atomic E-state index is 0.674. The number of hydrogen-bond donors (Lipinski definition) is 1. The molecule has 1 heterocycles. The van der Waals surface area contributed by atoms with E-state index >= 15 is 0 Å². The maximum absolute atomic E-state index is 5.98. The first-order valence-electron chi connectivity index (χ1n) is 4.12. The summed E-state index contributed by atoms with van der Waals surface area (Å²) in [5.41, 5.74) is 4.11. The van der Waals surface area contributed by atoms with Gasteiger partial charge in [-0.2, -0.15) is 0 Å². The SMILES string of the molecule is ClC1=C(Br)N(c2ccccc2)NC=C1. The molecule has 0 saturated carbocycles. The quantitative estimate of drug-likeness (QED) is 0.788. The highest BCUT2D eigenvalue weighted by Crippen LogP contribution is 2.27. The standard InChI is InChI=1S/C10H8BrClN2/c11-10-9(12)6-7-13-14(10)8-4-2-1-3-5-8/h1-7,13H. The Labute approximate surface area is 96.0 Å². The highest BCUT2D eigenvalue weighted by molar-refractivity contribution is 9.11. The van der Waals surface area contributed by atoms with Crippen LogP contribution in [-0.4, -0.2) is 0 Å². The lowest BCUT2D eigenvalue weighted by Crippen LogP contribution is -2.33. The normalized spacial score (nSPS) is 15.7. The summed E-state index contributed by atoms with van der Waals surface area (Å²) in [7, 11) is 0. The Hall–Kier alpha value is -0.930. The topological polar surface area (TPSA) is 15.3 Å². The molecule has 0 atom stereocenters. The Balaban J connectivity index is 2.34. The number of hydrogen-bond acceptors (Lipinski definition) is 2. The van der Waals surface area contributed by atoms with E-state index in [4.69, 9.17) is 11.6 Å². The number of benzene rings is 1. The molecule has 1 aliphatic heterocycles. The number of nitrogens with zero attached hydrogens (tertiary/aromatic N) is 1. The summed E-state index contributed by atoms with van der Waals surface area (Å²) >= 11 is 9.39. The summed E-state index contributed by atoms with van der Waals surface area (Å²) in [6, 6.07) is 9.92. The molecule has 72 valence electrons. The highest BCUT2D eigenvalue weighted by Gasteiger charge is 2.13. The van der Waals surface area contributed by atoms with E-state index in [2.05, 4.69) is 21.4 Å². The van der Waals surface area contributed by atoms with Gasteiger partial charge in [-0.25, -0.2) is 5.01 Å². The third-order valence-electron chi connectivity index (χ3n) is 1.84. The van der Waals surface area contributed by atoms with Gasteiger partial charge in [0.05, 0.1) is 10.7 Å². The molecule has 0 fully saturated rings. The Morgan fingerprint density at radius 2 is 1.93 bits per heavy atom. The number of nitrogens with one attached hydrogen (secondary N) is 1. The van der Waals surface area contributed by atoms with Crippen LogP contribution >= 0.6 is 27.5 Å². The van der Waals surface area contributed by atoms with E-state index < -0.39 is 0 Å². The third-order valence-corrected chi connectivity index (χ3v) is 3.16. The van der Waals surface area contributed by atoms with E-state index in [1.165, 1.54) is 0 Å². The van der Waals surface area contributed by atoms with Crippen LogP contribution in [0.2, 0.25) is 0 Å². The number of halogens is 2. The zero-order valence-corrected chi connectivity index (χ0v) is 9.59. The van der Waals surface area contributed by atoms with E-state index in [1.54, 1.807) is 12.3 Å². The van der Waals surface area contributed by atoms with E-state index in [0.717, 1.165) is 10.3 Å². The molecule has 1 N–H and O–H groups in total. The fraction of sp³-hybridized carbons (Fsp3) is 0. The van der Waals surface area contributed by atoms with Crippen molar-refractivity contribution in [2.24, 2.45) is 0 Å². The Kier molecular flexibility index (Phi) is 2.79. The van der Waals surface area contributed by atoms with Gasteiger partial charge in [0.25, 0.3) is 0 Å². The minimum atomic E-state index is 0.674. The van der Waals surface area contributed by atoms with Crippen LogP contribution in [0.4, 0.5) is 5.69 Å². The maximum Gasteiger partial charge on any atom is 0.124 e. The van der Waals surface area contributed by atoms with E-state index in [-0.39, 0.29) is 0 Å². The van der Waals surface area contributed by atoms with Gasteiger partial charge in [0, 0.05) is 6.20 Å². The Bertz CT molecular complexity index is 386. The molecule has 4 heteroatoms. The molecule has 0 amide bonds. The summed E-state index contributed by atoms with van der Waals surface area (Å²) in [5.74, 6) is 0. The lowest BCUT2D eigenvalue weighted by atomic mass is 10.3. The second kappa shape index (κ2) is 4.07. The molecule has 2 rings (SSSR count). The van der Waals surface area contributed by atoms with Crippen LogP contribution in [-0.2, 0) is 0 Å². The second-order valence-corrected chi connectivity index (χ2v) is 3.93. The Morgan fingerprint density at radius 1 is 1.21 bits per heavy atom. The van der Waals surface area contributed by atoms with Gasteiger partial charge in [-0.3, -0.25) is 0 Å². The minimum Gasteiger partial charge on any atom is -0.301 e. The van der Waals surface area contributed by atoms with Crippen LogP contribution in [0.15, 0.2) is 52.2 Å². The summed E-state index contributed by atoms with van der Waals surface area (Å²) in [4.78, 5) is 0. The molecule has 0 spiro atoms. The van der Waals surface area contributed by atoms with E-state index in [0.29, 0.717) is 5.03 Å². The van der Waals surface area contributed by atoms with Crippen molar-refractivity contribution in [3.8, 4) is 0 Å². The molecule has 1 aromatic carbocycles. The number of para-hydroxylation sites is 1. The number of rotatable bonds is 1. The predicted molar refractivity (Wildman–Crippen MR) is 63.0 cm³/mol. The fourth-order valence-corrected chi connectivity index (χ4v) is 1.77. The number of allylic oxidation sites excluding steroid dienone is 2.